The second kappa shape index (κ2) is 6.75. The summed E-state index contributed by atoms with van der Waals surface area (Å²) in [6, 6.07) is 4.21. The average Bonchev–Trinajstić information content (AvgIpc) is 2.51. The fraction of sp³-hybridized carbons (Fsp3) is 0.533. The van der Waals surface area contributed by atoms with Crippen molar-refractivity contribution >= 4 is 21.6 Å². The maximum atomic E-state index is 13.3. The van der Waals surface area contributed by atoms with Crippen molar-refractivity contribution in [2.45, 2.75) is 26.7 Å². The molecule has 0 saturated carbocycles. The molecule has 1 aromatic rings. The molecule has 1 saturated heterocycles. The zero-order chi connectivity index (χ0) is 16.3. The summed E-state index contributed by atoms with van der Waals surface area (Å²) in [5, 5.41) is 2.71. The van der Waals surface area contributed by atoms with E-state index < -0.39 is 21.8 Å². The summed E-state index contributed by atoms with van der Waals surface area (Å²) in [4.78, 5) is 12.3. The second-order valence-corrected chi connectivity index (χ2v) is 7.80. The van der Waals surface area contributed by atoms with Crippen LogP contribution in [0.3, 0.4) is 0 Å². The third-order valence-electron chi connectivity index (χ3n) is 3.97. The van der Waals surface area contributed by atoms with Crippen LogP contribution in [-0.2, 0) is 14.8 Å². The maximum absolute atomic E-state index is 13.3. The molecule has 22 heavy (non-hydrogen) atoms. The Morgan fingerprint density at radius 3 is 2.86 bits per heavy atom. The molecule has 0 radical (unpaired) electrons. The Bertz CT molecular complexity index is 661. The molecule has 0 bridgehead atoms. The monoisotopic (exact) mass is 328 g/mol. The molecule has 1 N–H and O–H groups in total. The Labute approximate surface area is 130 Å². The molecule has 1 amide bonds. The van der Waals surface area contributed by atoms with E-state index in [4.69, 9.17) is 0 Å². The molecule has 0 unspecified atom stereocenters. The molecule has 122 valence electrons. The summed E-state index contributed by atoms with van der Waals surface area (Å²) in [5.74, 6) is -1.05. The van der Waals surface area contributed by atoms with Crippen molar-refractivity contribution in [1.82, 2.24) is 4.31 Å². The molecular formula is C15H21FN2O3S. The van der Waals surface area contributed by atoms with Gasteiger partial charge in [0, 0.05) is 18.8 Å². The number of carbonyl (C=O) groups excluding carboxylic acids is 1. The highest BCUT2D eigenvalue weighted by molar-refractivity contribution is 7.89. The third kappa shape index (κ3) is 3.84. The minimum Gasteiger partial charge on any atom is -0.325 e. The van der Waals surface area contributed by atoms with Crippen LogP contribution in [0.2, 0.25) is 0 Å². The van der Waals surface area contributed by atoms with Gasteiger partial charge in [0.2, 0.25) is 15.9 Å². The number of halogens is 1. The Kier molecular flexibility index (Phi) is 5.18. The largest absolute Gasteiger partial charge is 0.325 e. The van der Waals surface area contributed by atoms with Crippen molar-refractivity contribution in [3.05, 3.63) is 29.6 Å². The molecule has 5 nitrogen and oxygen atoms in total. The molecule has 0 aliphatic carbocycles. The highest BCUT2D eigenvalue weighted by Crippen LogP contribution is 2.22. The molecule has 2 rings (SSSR count). The number of hydrogen-bond acceptors (Lipinski definition) is 3. The van der Waals surface area contributed by atoms with Gasteiger partial charge in [-0.15, -0.1) is 0 Å². The van der Waals surface area contributed by atoms with Gasteiger partial charge in [-0.3, -0.25) is 4.79 Å². The van der Waals surface area contributed by atoms with Crippen molar-refractivity contribution < 1.29 is 17.6 Å². The van der Waals surface area contributed by atoms with Crippen molar-refractivity contribution in [2.75, 3.05) is 24.2 Å². The number of sulfonamides is 1. The summed E-state index contributed by atoms with van der Waals surface area (Å²) >= 11 is 0. The Balaban J connectivity index is 2.08. The molecule has 1 aliphatic rings. The first-order chi connectivity index (χ1) is 10.3. The van der Waals surface area contributed by atoms with Crippen LogP contribution in [0.5, 0.6) is 0 Å². The van der Waals surface area contributed by atoms with Gasteiger partial charge >= 0.3 is 0 Å². The minimum atomic E-state index is -3.28. The van der Waals surface area contributed by atoms with Gasteiger partial charge in [-0.1, -0.05) is 6.07 Å². The summed E-state index contributed by atoms with van der Waals surface area (Å²) in [6.45, 7) is 4.02. The number of aryl methyl sites for hydroxylation is 1. The van der Waals surface area contributed by atoms with E-state index in [9.17, 15) is 17.6 Å². The third-order valence-corrected chi connectivity index (χ3v) is 5.82. The van der Waals surface area contributed by atoms with E-state index in [-0.39, 0.29) is 18.2 Å². The van der Waals surface area contributed by atoms with Gasteiger partial charge < -0.3 is 5.32 Å². The first-order valence-electron chi connectivity index (χ1n) is 7.38. The lowest BCUT2D eigenvalue weighted by molar-refractivity contribution is -0.120. The molecule has 1 heterocycles. The van der Waals surface area contributed by atoms with Crippen molar-refractivity contribution in [3.8, 4) is 0 Å². The zero-order valence-corrected chi connectivity index (χ0v) is 13.6. The molecular weight excluding hydrogens is 307 g/mol. The molecule has 1 aromatic carbocycles. The van der Waals surface area contributed by atoms with Crippen LogP contribution in [0.1, 0.15) is 25.3 Å². The predicted molar refractivity (Wildman–Crippen MR) is 83.5 cm³/mol. The van der Waals surface area contributed by atoms with Crippen LogP contribution < -0.4 is 5.32 Å². The lowest BCUT2D eigenvalue weighted by Crippen LogP contribution is -2.44. The van der Waals surface area contributed by atoms with Gasteiger partial charge in [-0.05, 0) is 44.4 Å². The molecule has 7 heteroatoms. The SMILES string of the molecule is CCS(=O)(=O)N1CCC[C@@H](C(=O)Nc2cc(F)ccc2C)C1. The number of piperidine rings is 1. The Morgan fingerprint density at radius 1 is 1.45 bits per heavy atom. The molecule has 0 aromatic heterocycles. The molecule has 1 fully saturated rings. The van der Waals surface area contributed by atoms with Gasteiger partial charge in [-0.25, -0.2) is 17.1 Å². The number of nitrogens with one attached hydrogen (secondary N) is 1. The number of nitrogens with zero attached hydrogens (tertiary/aromatic N) is 1. The van der Waals surface area contributed by atoms with E-state index in [1.165, 1.54) is 16.4 Å². The number of carbonyl (C=O) groups is 1. The van der Waals surface area contributed by atoms with Gasteiger partial charge in [0.05, 0.1) is 11.7 Å². The summed E-state index contributed by atoms with van der Waals surface area (Å²) < 4.78 is 38.5. The smallest absolute Gasteiger partial charge is 0.228 e. The molecule has 1 atom stereocenters. The highest BCUT2D eigenvalue weighted by Gasteiger charge is 2.31. The number of hydrogen-bond donors (Lipinski definition) is 1. The second-order valence-electron chi connectivity index (χ2n) is 5.55. The van der Waals surface area contributed by atoms with E-state index in [1.807, 2.05) is 0 Å². The topological polar surface area (TPSA) is 66.5 Å². The van der Waals surface area contributed by atoms with Crippen molar-refractivity contribution in [1.29, 1.82) is 0 Å². The first kappa shape index (κ1) is 16.9. The van der Waals surface area contributed by atoms with Crippen molar-refractivity contribution in [3.63, 3.8) is 0 Å². The van der Waals surface area contributed by atoms with E-state index in [1.54, 1.807) is 19.9 Å². The number of amides is 1. The van der Waals surface area contributed by atoms with Crippen molar-refractivity contribution in [2.24, 2.45) is 5.92 Å². The summed E-state index contributed by atoms with van der Waals surface area (Å²) in [7, 11) is -3.28. The first-order valence-corrected chi connectivity index (χ1v) is 8.99. The lowest BCUT2D eigenvalue weighted by atomic mass is 9.98. The van der Waals surface area contributed by atoms with Gasteiger partial charge in [-0.2, -0.15) is 0 Å². The van der Waals surface area contributed by atoms with Gasteiger partial charge in [0.15, 0.2) is 0 Å². The average molecular weight is 328 g/mol. The standard InChI is InChI=1S/C15H21FN2O3S/c1-3-22(20,21)18-8-4-5-12(10-18)15(19)17-14-9-13(16)7-6-11(14)2/h6-7,9,12H,3-5,8,10H2,1-2H3,(H,17,19)/t12-/m1/s1. The van der Waals surface area contributed by atoms with Crippen LogP contribution in [0.4, 0.5) is 10.1 Å². The Morgan fingerprint density at radius 2 is 2.18 bits per heavy atom. The quantitative estimate of drug-likeness (QED) is 0.921. The van der Waals surface area contributed by atoms with E-state index in [0.717, 1.165) is 5.56 Å². The molecule has 0 spiro atoms. The van der Waals surface area contributed by atoms with Crippen LogP contribution in [0.25, 0.3) is 0 Å². The van der Waals surface area contributed by atoms with Crippen LogP contribution in [-0.4, -0.2) is 37.5 Å². The van der Waals surface area contributed by atoms with Crippen LogP contribution >= 0.6 is 0 Å². The lowest BCUT2D eigenvalue weighted by Gasteiger charge is -2.31. The normalized spacial score (nSPS) is 19.9. The van der Waals surface area contributed by atoms with Gasteiger partial charge in [0.1, 0.15) is 5.82 Å². The predicted octanol–water partition coefficient (Wildman–Crippen LogP) is 2.13. The summed E-state index contributed by atoms with van der Waals surface area (Å²) in [6.07, 6.45) is 1.29. The Hall–Kier alpha value is -1.47. The van der Waals surface area contributed by atoms with Crippen LogP contribution in [0.15, 0.2) is 18.2 Å². The fourth-order valence-electron chi connectivity index (χ4n) is 2.56. The zero-order valence-electron chi connectivity index (χ0n) is 12.8. The number of benzene rings is 1. The number of anilines is 1. The summed E-state index contributed by atoms with van der Waals surface area (Å²) in [5.41, 5.74) is 1.20. The number of rotatable bonds is 4. The maximum Gasteiger partial charge on any atom is 0.228 e. The van der Waals surface area contributed by atoms with E-state index in [2.05, 4.69) is 5.32 Å². The van der Waals surface area contributed by atoms with Gasteiger partial charge in [0.25, 0.3) is 0 Å². The van der Waals surface area contributed by atoms with E-state index in [0.29, 0.717) is 25.1 Å². The highest BCUT2D eigenvalue weighted by atomic mass is 32.2. The minimum absolute atomic E-state index is 0.0321. The van der Waals surface area contributed by atoms with E-state index >= 15 is 0 Å². The van der Waals surface area contributed by atoms with Crippen LogP contribution in [0, 0.1) is 18.7 Å². The fourth-order valence-corrected chi connectivity index (χ4v) is 3.73. The molecule has 1 aliphatic heterocycles.